The molecule has 0 saturated carbocycles. The third-order valence-electron chi connectivity index (χ3n) is 0.825. The number of nitrogens with one attached hydrogen (secondary N) is 1. The first-order chi connectivity index (χ1) is 3.79. The first kappa shape index (κ1) is 9.31. The van der Waals surface area contributed by atoms with Crippen LogP contribution >= 0.6 is 11.6 Å². The van der Waals surface area contributed by atoms with Gasteiger partial charge >= 0.3 is 29.6 Å². The van der Waals surface area contributed by atoms with Gasteiger partial charge in [0.05, 0.1) is 0 Å². The molecule has 0 unspecified atom stereocenters. The molecule has 42 valence electrons. The van der Waals surface area contributed by atoms with Gasteiger partial charge in [-0.15, -0.1) is 5.69 Å². The molecule has 0 saturated heterocycles. The SMILES string of the molecule is [NH-]c1cccc(Cl)c1.[Na+]. The molecule has 1 N–H and O–H groups in total. The quantitative estimate of drug-likeness (QED) is 0.465. The molecular weight excluding hydrogens is 145 g/mol. The van der Waals surface area contributed by atoms with Crippen LogP contribution in [0.3, 0.4) is 0 Å². The largest absolute Gasteiger partial charge is 1.00 e. The van der Waals surface area contributed by atoms with E-state index >= 15 is 0 Å². The van der Waals surface area contributed by atoms with Crippen molar-refractivity contribution >= 4 is 17.3 Å². The van der Waals surface area contributed by atoms with E-state index in [1.807, 2.05) is 0 Å². The molecular formula is C6H5ClNNa. The molecule has 0 aliphatic carbocycles. The average Bonchev–Trinajstić information content (AvgIpc) is 1.64. The molecule has 0 atom stereocenters. The Morgan fingerprint density at radius 2 is 2.00 bits per heavy atom. The Balaban J connectivity index is 0.000000640. The van der Waals surface area contributed by atoms with Gasteiger partial charge in [-0.05, 0) is 6.07 Å². The van der Waals surface area contributed by atoms with E-state index in [2.05, 4.69) is 0 Å². The molecule has 1 aromatic carbocycles. The topological polar surface area (TPSA) is 23.8 Å². The van der Waals surface area contributed by atoms with Gasteiger partial charge < -0.3 is 5.73 Å². The zero-order valence-corrected chi connectivity index (χ0v) is 7.94. The first-order valence-corrected chi connectivity index (χ1v) is 2.64. The zero-order valence-electron chi connectivity index (χ0n) is 5.19. The minimum Gasteiger partial charge on any atom is -0.699 e. The number of hydrogen-bond acceptors (Lipinski definition) is 0. The number of benzene rings is 1. The summed E-state index contributed by atoms with van der Waals surface area (Å²) in [5.74, 6) is 0. The summed E-state index contributed by atoms with van der Waals surface area (Å²) in [5.41, 5.74) is 7.51. The van der Waals surface area contributed by atoms with Crippen LogP contribution in [-0.4, -0.2) is 0 Å². The van der Waals surface area contributed by atoms with Crippen molar-refractivity contribution in [2.75, 3.05) is 0 Å². The second-order valence-electron chi connectivity index (χ2n) is 1.51. The van der Waals surface area contributed by atoms with E-state index in [1.54, 1.807) is 24.3 Å². The van der Waals surface area contributed by atoms with Crippen molar-refractivity contribution in [3.8, 4) is 0 Å². The van der Waals surface area contributed by atoms with E-state index in [4.69, 9.17) is 17.3 Å². The fraction of sp³-hybridized carbons (Fsp3) is 0. The van der Waals surface area contributed by atoms with Crippen LogP contribution in [0.25, 0.3) is 5.73 Å². The van der Waals surface area contributed by atoms with Crippen molar-refractivity contribution in [2.24, 2.45) is 0 Å². The van der Waals surface area contributed by atoms with Crippen LogP contribution in [0.5, 0.6) is 0 Å². The summed E-state index contributed by atoms with van der Waals surface area (Å²) in [6.07, 6.45) is 0. The van der Waals surface area contributed by atoms with Crippen LogP contribution in [-0.2, 0) is 0 Å². The summed E-state index contributed by atoms with van der Waals surface area (Å²) in [5, 5.41) is 0.623. The number of rotatable bonds is 0. The maximum absolute atomic E-state index is 7.05. The molecule has 0 spiro atoms. The van der Waals surface area contributed by atoms with E-state index in [1.165, 1.54) is 0 Å². The van der Waals surface area contributed by atoms with Crippen molar-refractivity contribution in [3.05, 3.63) is 35.0 Å². The van der Waals surface area contributed by atoms with Gasteiger partial charge in [-0.3, -0.25) is 0 Å². The Kier molecular flexibility index (Phi) is 4.32. The van der Waals surface area contributed by atoms with Gasteiger partial charge in [0.25, 0.3) is 0 Å². The Morgan fingerprint density at radius 3 is 2.33 bits per heavy atom. The van der Waals surface area contributed by atoms with Crippen LogP contribution in [0, 0.1) is 0 Å². The molecule has 3 heteroatoms. The van der Waals surface area contributed by atoms with E-state index in [-0.39, 0.29) is 29.6 Å². The maximum Gasteiger partial charge on any atom is 1.00 e. The van der Waals surface area contributed by atoms with Gasteiger partial charge in [-0.1, -0.05) is 29.8 Å². The second kappa shape index (κ2) is 4.18. The standard InChI is InChI=1S/C6H5ClN.Na/c7-5-2-1-3-6(8)4-5;/h1-4,8H;/q-1;+1. The molecule has 1 nitrogen and oxygen atoms in total. The summed E-state index contributed by atoms with van der Waals surface area (Å²) >= 11 is 5.52. The molecule has 0 aliphatic heterocycles. The maximum atomic E-state index is 7.05. The van der Waals surface area contributed by atoms with Gasteiger partial charge in [-0.25, -0.2) is 0 Å². The summed E-state index contributed by atoms with van der Waals surface area (Å²) < 4.78 is 0. The van der Waals surface area contributed by atoms with E-state index in [9.17, 15) is 0 Å². The smallest absolute Gasteiger partial charge is 0.699 e. The van der Waals surface area contributed by atoms with Crippen molar-refractivity contribution in [1.29, 1.82) is 0 Å². The van der Waals surface area contributed by atoms with Gasteiger partial charge in [0, 0.05) is 5.02 Å². The van der Waals surface area contributed by atoms with Crippen molar-refractivity contribution in [1.82, 2.24) is 0 Å². The Hall–Kier alpha value is 0.310. The molecule has 0 aromatic heterocycles. The van der Waals surface area contributed by atoms with Gasteiger partial charge in [-0.2, -0.15) is 0 Å². The molecule has 1 aromatic rings. The van der Waals surface area contributed by atoms with Crippen LogP contribution in [0.4, 0.5) is 5.69 Å². The molecule has 0 bridgehead atoms. The Morgan fingerprint density at radius 1 is 1.33 bits per heavy atom. The zero-order chi connectivity index (χ0) is 5.98. The van der Waals surface area contributed by atoms with Gasteiger partial charge in [0.1, 0.15) is 0 Å². The number of hydrogen-bond donors (Lipinski definition) is 0. The summed E-state index contributed by atoms with van der Waals surface area (Å²) in [7, 11) is 0. The summed E-state index contributed by atoms with van der Waals surface area (Å²) in [6.45, 7) is 0. The van der Waals surface area contributed by atoms with E-state index in [0.29, 0.717) is 10.7 Å². The van der Waals surface area contributed by atoms with Crippen LogP contribution in [0.1, 0.15) is 0 Å². The summed E-state index contributed by atoms with van der Waals surface area (Å²) in [6, 6.07) is 6.79. The van der Waals surface area contributed by atoms with Crippen LogP contribution < -0.4 is 29.6 Å². The predicted octanol–water partition coefficient (Wildman–Crippen LogP) is 0.0277. The van der Waals surface area contributed by atoms with E-state index < -0.39 is 0 Å². The molecule has 0 fully saturated rings. The van der Waals surface area contributed by atoms with Crippen molar-refractivity contribution < 1.29 is 29.6 Å². The third kappa shape index (κ3) is 3.11. The Bertz CT molecular complexity index is 173. The third-order valence-corrected chi connectivity index (χ3v) is 1.06. The first-order valence-electron chi connectivity index (χ1n) is 2.26. The number of halogens is 1. The average molecular weight is 150 g/mol. The monoisotopic (exact) mass is 149 g/mol. The van der Waals surface area contributed by atoms with Gasteiger partial charge in [0.15, 0.2) is 0 Å². The Labute approximate surface area is 81.5 Å². The van der Waals surface area contributed by atoms with Crippen LogP contribution in [0.2, 0.25) is 5.02 Å². The van der Waals surface area contributed by atoms with Crippen molar-refractivity contribution in [2.45, 2.75) is 0 Å². The fourth-order valence-corrected chi connectivity index (χ4v) is 0.679. The van der Waals surface area contributed by atoms with Gasteiger partial charge in [0.2, 0.25) is 0 Å². The minimum absolute atomic E-state index is 0. The van der Waals surface area contributed by atoms with E-state index in [0.717, 1.165) is 0 Å². The minimum atomic E-state index is 0. The fourth-order valence-electron chi connectivity index (χ4n) is 0.488. The van der Waals surface area contributed by atoms with Crippen LogP contribution in [0.15, 0.2) is 24.3 Å². The van der Waals surface area contributed by atoms with Crippen molar-refractivity contribution in [3.63, 3.8) is 0 Å². The normalized spacial score (nSPS) is 8.11. The molecule has 0 heterocycles. The predicted molar refractivity (Wildman–Crippen MR) is 35.4 cm³/mol. The molecule has 0 aliphatic rings. The second-order valence-corrected chi connectivity index (χ2v) is 1.95. The molecule has 9 heavy (non-hydrogen) atoms. The summed E-state index contributed by atoms with van der Waals surface area (Å²) in [4.78, 5) is 0. The molecule has 0 amide bonds. The molecule has 1 rings (SSSR count). The molecule has 0 radical (unpaired) electrons.